The molecule has 10 heteroatoms. The van der Waals surface area contributed by atoms with Gasteiger partial charge in [-0.2, -0.15) is 0 Å². The number of nitrogens with zero attached hydrogens (tertiary/aromatic N) is 2. The van der Waals surface area contributed by atoms with Gasteiger partial charge in [0.05, 0.1) is 37.3 Å². The van der Waals surface area contributed by atoms with Gasteiger partial charge in [-0.05, 0) is 43.3 Å². The van der Waals surface area contributed by atoms with E-state index in [0.717, 1.165) is 30.9 Å². The van der Waals surface area contributed by atoms with Gasteiger partial charge in [0.15, 0.2) is 5.11 Å². The molecule has 1 aromatic carbocycles. The van der Waals surface area contributed by atoms with E-state index >= 15 is 0 Å². The minimum Gasteiger partial charge on any atom is -0.390 e. The summed E-state index contributed by atoms with van der Waals surface area (Å²) in [5.41, 5.74) is 1.70. The van der Waals surface area contributed by atoms with Crippen molar-refractivity contribution in [1.82, 2.24) is 15.5 Å². The molecular weight excluding hydrogens is 440 g/mol. The van der Waals surface area contributed by atoms with Crippen LogP contribution in [-0.4, -0.2) is 89.8 Å². The van der Waals surface area contributed by atoms with E-state index in [4.69, 9.17) is 28.6 Å². The minimum absolute atomic E-state index is 0.149. The second-order valence-corrected chi connectivity index (χ2v) is 9.21. The third-order valence-electron chi connectivity index (χ3n) is 6.45. The van der Waals surface area contributed by atoms with Crippen molar-refractivity contribution in [2.75, 3.05) is 44.3 Å². The monoisotopic (exact) mass is 468 g/mol. The van der Waals surface area contributed by atoms with Crippen LogP contribution in [0.15, 0.2) is 18.2 Å². The number of morpholine rings is 1. The van der Waals surface area contributed by atoms with Gasteiger partial charge in [-0.25, -0.2) is 0 Å². The lowest BCUT2D eigenvalue weighted by molar-refractivity contribution is -0.131. The lowest BCUT2D eigenvalue weighted by Crippen LogP contribution is -2.61. The number of anilines is 1. The summed E-state index contributed by atoms with van der Waals surface area (Å²) >= 11 is 11.9. The number of aliphatic hydroxyl groups is 2. The molecule has 3 fully saturated rings. The number of hydrogen-bond acceptors (Lipinski definition) is 6. The molecule has 1 saturated carbocycles. The molecule has 0 aromatic heterocycles. The Kier molecular flexibility index (Phi) is 7.00. The number of nitrogens with one attached hydrogen (secondary N) is 2. The normalized spacial score (nSPS) is 31.3. The standard InChI is InChI=1S/C21H29ClN4O4S/c1-12-2-3-13(10-15(12)22)26-18-14(11-16(27)19(28)17(18)24-21(26)31)20(29)23-4-5-25-6-8-30-9-7-25/h2-3,10,14,16-19,27-28H,4-9,11H2,1H3,(H,23,29)(H,24,31)/t14-,16-,17-,18+,19+/m1/s1. The first-order valence-electron chi connectivity index (χ1n) is 10.7. The maximum atomic E-state index is 13.2. The molecule has 0 spiro atoms. The van der Waals surface area contributed by atoms with Gasteiger partial charge < -0.3 is 30.5 Å². The van der Waals surface area contributed by atoms with E-state index in [2.05, 4.69) is 15.5 Å². The van der Waals surface area contributed by atoms with Crippen molar-refractivity contribution in [3.05, 3.63) is 28.8 Å². The lowest BCUT2D eigenvalue weighted by Gasteiger charge is -2.41. The second kappa shape index (κ2) is 9.56. The highest BCUT2D eigenvalue weighted by Gasteiger charge is 2.53. The maximum absolute atomic E-state index is 13.2. The summed E-state index contributed by atoms with van der Waals surface area (Å²) in [5, 5.41) is 28.2. The van der Waals surface area contributed by atoms with Gasteiger partial charge >= 0.3 is 0 Å². The SMILES string of the molecule is Cc1ccc(N2C(=S)N[C@H]3[C@@H](O)[C@H](O)C[C@@H](C(=O)NCCN4CCOCC4)[C@@H]32)cc1Cl. The first-order chi connectivity index (χ1) is 14.9. The number of ether oxygens (including phenoxy) is 1. The highest BCUT2D eigenvalue weighted by atomic mass is 35.5. The molecule has 0 radical (unpaired) electrons. The van der Waals surface area contributed by atoms with Crippen molar-refractivity contribution in [3.8, 4) is 0 Å². The fraction of sp³-hybridized carbons (Fsp3) is 0.619. The zero-order chi connectivity index (χ0) is 22.1. The predicted octanol–water partition coefficient (Wildman–Crippen LogP) is 0.270. The Labute approximate surface area is 192 Å². The fourth-order valence-corrected chi connectivity index (χ4v) is 5.20. The molecular formula is C21H29ClN4O4S. The summed E-state index contributed by atoms with van der Waals surface area (Å²) in [6, 6.07) is 4.65. The molecule has 4 N–H and O–H groups in total. The molecule has 3 aliphatic rings. The molecule has 1 aliphatic carbocycles. The van der Waals surface area contributed by atoms with E-state index in [0.29, 0.717) is 29.9 Å². The van der Waals surface area contributed by atoms with Crippen LogP contribution in [0.5, 0.6) is 0 Å². The van der Waals surface area contributed by atoms with Crippen LogP contribution >= 0.6 is 23.8 Å². The Bertz CT molecular complexity index is 838. The van der Waals surface area contributed by atoms with E-state index in [1.807, 2.05) is 30.0 Å². The van der Waals surface area contributed by atoms with Crippen molar-refractivity contribution in [2.24, 2.45) is 5.92 Å². The second-order valence-electron chi connectivity index (χ2n) is 8.41. The van der Waals surface area contributed by atoms with Crippen LogP contribution in [0.1, 0.15) is 12.0 Å². The van der Waals surface area contributed by atoms with E-state index in [-0.39, 0.29) is 12.3 Å². The summed E-state index contributed by atoms with van der Waals surface area (Å²) in [4.78, 5) is 17.3. The van der Waals surface area contributed by atoms with E-state index in [9.17, 15) is 15.0 Å². The van der Waals surface area contributed by atoms with E-state index in [1.54, 1.807) is 0 Å². The number of aryl methyl sites for hydroxylation is 1. The lowest BCUT2D eigenvalue weighted by atomic mass is 9.77. The molecule has 2 saturated heterocycles. The highest BCUT2D eigenvalue weighted by Crippen LogP contribution is 2.37. The van der Waals surface area contributed by atoms with E-state index in [1.165, 1.54) is 0 Å². The molecule has 1 amide bonds. The smallest absolute Gasteiger partial charge is 0.225 e. The van der Waals surface area contributed by atoms with E-state index < -0.39 is 30.2 Å². The third-order valence-corrected chi connectivity index (χ3v) is 7.17. The molecule has 0 unspecified atom stereocenters. The van der Waals surface area contributed by atoms with Crippen LogP contribution in [0, 0.1) is 12.8 Å². The van der Waals surface area contributed by atoms with Gasteiger partial charge in [0, 0.05) is 36.9 Å². The van der Waals surface area contributed by atoms with Crippen LogP contribution in [0.25, 0.3) is 0 Å². The Morgan fingerprint density at radius 3 is 2.81 bits per heavy atom. The molecule has 31 heavy (non-hydrogen) atoms. The van der Waals surface area contributed by atoms with Gasteiger partial charge in [-0.3, -0.25) is 9.69 Å². The van der Waals surface area contributed by atoms with Crippen LogP contribution in [0.4, 0.5) is 5.69 Å². The average molecular weight is 469 g/mol. The number of benzene rings is 1. The largest absolute Gasteiger partial charge is 0.390 e. The number of aliphatic hydroxyl groups excluding tert-OH is 2. The predicted molar refractivity (Wildman–Crippen MR) is 122 cm³/mol. The zero-order valence-electron chi connectivity index (χ0n) is 17.5. The summed E-state index contributed by atoms with van der Waals surface area (Å²) in [5.74, 6) is -0.690. The topological polar surface area (TPSA) is 97.3 Å². The van der Waals surface area contributed by atoms with Crippen molar-refractivity contribution >= 4 is 40.5 Å². The first-order valence-corrected chi connectivity index (χ1v) is 11.5. The fourth-order valence-electron chi connectivity index (χ4n) is 4.67. The number of halogens is 1. The van der Waals surface area contributed by atoms with Crippen LogP contribution < -0.4 is 15.5 Å². The maximum Gasteiger partial charge on any atom is 0.225 e. The van der Waals surface area contributed by atoms with Gasteiger partial charge in [-0.15, -0.1) is 0 Å². The molecule has 170 valence electrons. The van der Waals surface area contributed by atoms with Crippen molar-refractivity contribution in [3.63, 3.8) is 0 Å². The quantitative estimate of drug-likeness (QED) is 0.457. The molecule has 0 bridgehead atoms. The van der Waals surface area contributed by atoms with Gasteiger partial charge in [0.1, 0.15) is 6.10 Å². The summed E-state index contributed by atoms with van der Waals surface area (Å²) in [6.45, 7) is 6.31. The van der Waals surface area contributed by atoms with Crippen LogP contribution in [-0.2, 0) is 9.53 Å². The molecule has 1 aromatic rings. The Hall–Kier alpha value is -1.49. The number of rotatable bonds is 5. The number of amides is 1. The van der Waals surface area contributed by atoms with Crippen LogP contribution in [0.2, 0.25) is 5.02 Å². The molecule has 5 atom stereocenters. The Morgan fingerprint density at radius 2 is 2.10 bits per heavy atom. The molecule has 2 heterocycles. The van der Waals surface area contributed by atoms with Gasteiger partial charge in [0.2, 0.25) is 5.91 Å². The minimum atomic E-state index is -1.02. The third kappa shape index (κ3) is 4.67. The molecule has 8 nitrogen and oxygen atoms in total. The average Bonchev–Trinajstić information content (AvgIpc) is 3.10. The Balaban J connectivity index is 1.51. The molecule has 2 aliphatic heterocycles. The van der Waals surface area contributed by atoms with Gasteiger partial charge in [-0.1, -0.05) is 17.7 Å². The van der Waals surface area contributed by atoms with Crippen molar-refractivity contribution in [1.29, 1.82) is 0 Å². The zero-order valence-corrected chi connectivity index (χ0v) is 19.0. The number of carbonyl (C=O) groups is 1. The summed E-state index contributed by atoms with van der Waals surface area (Å²) < 4.78 is 5.36. The molecule has 4 rings (SSSR count). The summed E-state index contributed by atoms with van der Waals surface area (Å²) in [6.07, 6.45) is -1.87. The number of fused-ring (bicyclic) bond motifs is 1. The van der Waals surface area contributed by atoms with Gasteiger partial charge in [0.25, 0.3) is 0 Å². The van der Waals surface area contributed by atoms with Crippen LogP contribution in [0.3, 0.4) is 0 Å². The first kappa shape index (κ1) is 22.7. The number of thiocarbonyl (C=S) groups is 1. The van der Waals surface area contributed by atoms with Crippen molar-refractivity contribution < 1.29 is 19.7 Å². The number of carbonyl (C=O) groups excluding carboxylic acids is 1. The highest BCUT2D eigenvalue weighted by molar-refractivity contribution is 7.80. The van der Waals surface area contributed by atoms with Crippen molar-refractivity contribution in [2.45, 2.75) is 37.6 Å². The number of hydrogen-bond donors (Lipinski definition) is 4. The summed E-state index contributed by atoms with van der Waals surface area (Å²) in [7, 11) is 0. The Morgan fingerprint density at radius 1 is 1.35 bits per heavy atom.